The summed E-state index contributed by atoms with van der Waals surface area (Å²) in [5, 5.41) is 0. The molecule has 142 valence electrons. The summed E-state index contributed by atoms with van der Waals surface area (Å²) in [5.41, 5.74) is 0.503. The molecule has 1 N–H and O–H groups in total. The Balaban J connectivity index is 1.38. The Bertz CT molecular complexity index is 939. The highest BCUT2D eigenvalue weighted by molar-refractivity contribution is 7.89. The van der Waals surface area contributed by atoms with E-state index in [0.29, 0.717) is 29.8 Å². The van der Waals surface area contributed by atoms with Crippen LogP contribution in [0.4, 0.5) is 0 Å². The first kappa shape index (κ1) is 17.2. The summed E-state index contributed by atoms with van der Waals surface area (Å²) in [7, 11) is -3.56. The second kappa shape index (κ2) is 6.04. The molecule has 0 saturated heterocycles. The largest absolute Gasteiger partial charge is 0.453 e. The summed E-state index contributed by atoms with van der Waals surface area (Å²) in [6.45, 7) is 0. The van der Waals surface area contributed by atoms with E-state index in [1.807, 2.05) is 0 Å². The first-order valence-electron chi connectivity index (χ1n) is 9.64. The highest BCUT2D eigenvalue weighted by Crippen LogP contribution is 2.55. The number of rotatable bonds is 5. The van der Waals surface area contributed by atoms with Gasteiger partial charge in [-0.25, -0.2) is 13.1 Å². The molecule has 0 unspecified atom stereocenters. The SMILES string of the molecule is O=Cc1ccc(-c2ccc(S(=O)(=O)NC34CC5CC(CC(C5)C3)C4)cc2)o1. The molecule has 0 radical (unpaired) electrons. The number of furan rings is 1. The Labute approximate surface area is 159 Å². The van der Waals surface area contributed by atoms with Gasteiger partial charge in [0.05, 0.1) is 4.90 Å². The standard InChI is InChI=1S/C21H23NO4S/c23-13-18-3-6-20(26-18)17-1-4-19(5-2-17)27(24,25)22-21-10-14-7-15(11-21)9-16(8-14)12-21/h1-6,13-16,22H,7-12H2. The third-order valence-corrected chi connectivity index (χ3v) is 8.18. The van der Waals surface area contributed by atoms with Gasteiger partial charge in [-0.05, 0) is 92.7 Å². The molecule has 4 aliphatic carbocycles. The molecule has 0 atom stereocenters. The number of aldehydes is 1. The van der Waals surface area contributed by atoms with Crippen molar-refractivity contribution >= 4 is 16.3 Å². The van der Waals surface area contributed by atoms with Crippen molar-refractivity contribution in [2.75, 3.05) is 0 Å². The van der Waals surface area contributed by atoms with Crippen LogP contribution in [-0.4, -0.2) is 20.2 Å². The molecule has 5 nitrogen and oxygen atoms in total. The Morgan fingerprint density at radius 1 is 0.926 bits per heavy atom. The van der Waals surface area contributed by atoms with Crippen LogP contribution in [0.2, 0.25) is 0 Å². The highest BCUT2D eigenvalue weighted by atomic mass is 32.2. The van der Waals surface area contributed by atoms with Crippen molar-refractivity contribution in [2.45, 2.75) is 49.0 Å². The van der Waals surface area contributed by atoms with Gasteiger partial charge >= 0.3 is 0 Å². The molecule has 1 aromatic carbocycles. The fourth-order valence-corrected chi connectivity index (χ4v) is 7.38. The maximum absolute atomic E-state index is 13.0. The Morgan fingerprint density at radius 3 is 2.04 bits per heavy atom. The van der Waals surface area contributed by atoms with E-state index in [-0.39, 0.29) is 16.2 Å². The average Bonchev–Trinajstić information content (AvgIpc) is 3.09. The Hall–Kier alpha value is -1.92. The first-order valence-corrected chi connectivity index (χ1v) is 11.1. The average molecular weight is 385 g/mol. The van der Waals surface area contributed by atoms with Gasteiger partial charge in [-0.15, -0.1) is 0 Å². The normalized spacial score (nSPS) is 31.9. The van der Waals surface area contributed by atoms with Crippen LogP contribution in [0.15, 0.2) is 45.7 Å². The van der Waals surface area contributed by atoms with E-state index in [2.05, 4.69) is 4.72 Å². The quantitative estimate of drug-likeness (QED) is 0.789. The third-order valence-electron chi connectivity index (χ3n) is 6.58. The second-order valence-corrected chi connectivity index (χ2v) is 10.3. The lowest BCUT2D eigenvalue weighted by Gasteiger charge is -2.56. The van der Waals surface area contributed by atoms with Gasteiger partial charge in [-0.2, -0.15) is 0 Å². The van der Waals surface area contributed by atoms with Crippen molar-refractivity contribution < 1.29 is 17.6 Å². The number of carbonyl (C=O) groups excluding carboxylic acids is 1. The van der Waals surface area contributed by atoms with E-state index in [4.69, 9.17) is 4.42 Å². The molecule has 1 aromatic heterocycles. The number of sulfonamides is 1. The lowest BCUT2D eigenvalue weighted by atomic mass is 9.53. The van der Waals surface area contributed by atoms with Gasteiger partial charge in [0.2, 0.25) is 10.0 Å². The summed E-state index contributed by atoms with van der Waals surface area (Å²) in [6.07, 6.45) is 7.44. The number of benzene rings is 1. The molecule has 1 heterocycles. The zero-order chi connectivity index (χ0) is 18.6. The molecule has 4 fully saturated rings. The maximum Gasteiger partial charge on any atom is 0.241 e. The fraction of sp³-hybridized carbons (Fsp3) is 0.476. The fourth-order valence-electron chi connectivity index (χ4n) is 5.95. The van der Waals surface area contributed by atoms with Crippen LogP contribution in [0.5, 0.6) is 0 Å². The summed E-state index contributed by atoms with van der Waals surface area (Å²) in [6, 6.07) is 9.98. The van der Waals surface area contributed by atoms with Gasteiger partial charge in [0, 0.05) is 11.1 Å². The maximum atomic E-state index is 13.0. The van der Waals surface area contributed by atoms with Crippen molar-refractivity contribution in [3.05, 3.63) is 42.2 Å². The van der Waals surface area contributed by atoms with Gasteiger partial charge in [0.1, 0.15) is 5.76 Å². The number of carbonyl (C=O) groups is 1. The number of nitrogens with one attached hydrogen (secondary N) is 1. The molecule has 0 amide bonds. The minimum Gasteiger partial charge on any atom is -0.453 e. The summed E-state index contributed by atoms with van der Waals surface area (Å²) in [4.78, 5) is 11.0. The van der Waals surface area contributed by atoms with E-state index in [9.17, 15) is 13.2 Å². The van der Waals surface area contributed by atoms with Crippen molar-refractivity contribution in [2.24, 2.45) is 17.8 Å². The lowest BCUT2D eigenvalue weighted by molar-refractivity contribution is -0.00810. The molecular formula is C21H23NO4S. The smallest absolute Gasteiger partial charge is 0.241 e. The molecule has 4 bridgehead atoms. The van der Waals surface area contributed by atoms with E-state index in [1.54, 1.807) is 36.4 Å². The Kier molecular flexibility index (Phi) is 3.85. The van der Waals surface area contributed by atoms with Gasteiger partial charge < -0.3 is 4.42 Å². The van der Waals surface area contributed by atoms with Crippen LogP contribution >= 0.6 is 0 Å². The predicted molar refractivity (Wildman–Crippen MR) is 101 cm³/mol. The van der Waals surface area contributed by atoms with Crippen LogP contribution < -0.4 is 4.72 Å². The monoisotopic (exact) mass is 385 g/mol. The number of hydrogen-bond donors (Lipinski definition) is 1. The zero-order valence-corrected chi connectivity index (χ0v) is 15.9. The van der Waals surface area contributed by atoms with Crippen LogP contribution in [0.1, 0.15) is 49.1 Å². The van der Waals surface area contributed by atoms with Crippen molar-refractivity contribution in [3.8, 4) is 11.3 Å². The first-order chi connectivity index (χ1) is 12.9. The minimum absolute atomic E-state index is 0.244. The molecule has 6 rings (SSSR count). The van der Waals surface area contributed by atoms with E-state index in [1.165, 1.54) is 19.3 Å². The third kappa shape index (κ3) is 3.05. The molecule has 0 aliphatic heterocycles. The van der Waals surface area contributed by atoms with Crippen LogP contribution in [-0.2, 0) is 10.0 Å². The summed E-state index contributed by atoms with van der Waals surface area (Å²) < 4.78 is 34.6. The molecule has 27 heavy (non-hydrogen) atoms. The van der Waals surface area contributed by atoms with Gasteiger partial charge in [0.25, 0.3) is 0 Å². The molecule has 2 aromatic rings. The van der Waals surface area contributed by atoms with Crippen molar-refractivity contribution in [3.63, 3.8) is 0 Å². The molecule has 4 aliphatic rings. The molecular weight excluding hydrogens is 362 g/mol. The van der Waals surface area contributed by atoms with Gasteiger partial charge in [-0.1, -0.05) is 0 Å². The highest BCUT2D eigenvalue weighted by Gasteiger charge is 2.52. The Morgan fingerprint density at radius 2 is 1.52 bits per heavy atom. The topological polar surface area (TPSA) is 76.4 Å². The van der Waals surface area contributed by atoms with Crippen LogP contribution in [0.25, 0.3) is 11.3 Å². The lowest BCUT2D eigenvalue weighted by Crippen LogP contribution is -2.59. The summed E-state index contributed by atoms with van der Waals surface area (Å²) in [5.74, 6) is 2.87. The number of hydrogen-bond acceptors (Lipinski definition) is 4. The van der Waals surface area contributed by atoms with E-state index < -0.39 is 10.0 Å². The minimum atomic E-state index is -3.56. The predicted octanol–water partition coefficient (Wildman–Crippen LogP) is 4.01. The van der Waals surface area contributed by atoms with Gasteiger partial charge in [0.15, 0.2) is 12.0 Å². The van der Waals surface area contributed by atoms with Crippen molar-refractivity contribution in [1.29, 1.82) is 0 Å². The van der Waals surface area contributed by atoms with Gasteiger partial charge in [-0.3, -0.25) is 4.79 Å². The van der Waals surface area contributed by atoms with Crippen molar-refractivity contribution in [1.82, 2.24) is 4.72 Å². The van der Waals surface area contributed by atoms with E-state index >= 15 is 0 Å². The molecule has 0 spiro atoms. The van der Waals surface area contributed by atoms with E-state index in [0.717, 1.165) is 24.8 Å². The second-order valence-electron chi connectivity index (χ2n) is 8.65. The van der Waals surface area contributed by atoms with Crippen LogP contribution in [0, 0.1) is 17.8 Å². The molecule has 6 heteroatoms. The zero-order valence-electron chi connectivity index (χ0n) is 15.1. The summed E-state index contributed by atoms with van der Waals surface area (Å²) >= 11 is 0. The van der Waals surface area contributed by atoms with Crippen LogP contribution in [0.3, 0.4) is 0 Å². The molecule has 4 saturated carbocycles.